The number of halogens is 3. The van der Waals surface area contributed by atoms with Gasteiger partial charge in [-0.05, 0) is 12.0 Å². The molecule has 0 atom stereocenters. The number of rotatable bonds is 4. The topological polar surface area (TPSA) is 20.3 Å². The van der Waals surface area contributed by atoms with Crippen LogP contribution in [-0.4, -0.2) is 24.2 Å². The van der Waals surface area contributed by atoms with Gasteiger partial charge < -0.3 is 0 Å². The quantitative estimate of drug-likeness (QED) is 0.557. The lowest BCUT2D eigenvalue weighted by Crippen LogP contribution is -2.38. The molecule has 0 fully saturated rings. The van der Waals surface area contributed by atoms with Gasteiger partial charge in [-0.3, -0.25) is 4.79 Å². The van der Waals surface area contributed by atoms with E-state index < -0.39 is 12.8 Å². The molecule has 81 valence electrons. The fourth-order valence-corrected chi connectivity index (χ4v) is 1.11. The molecule has 0 aliphatic rings. The highest BCUT2D eigenvalue weighted by Crippen LogP contribution is 2.19. The van der Waals surface area contributed by atoms with Crippen LogP contribution in [0.3, 0.4) is 0 Å². The predicted molar refractivity (Wildman–Crippen MR) is 48.6 cm³/mol. The normalized spacial score (nSPS) is 11.1. The first-order valence-corrected chi connectivity index (χ1v) is 4.30. The Morgan fingerprint density at radius 3 is 2.27 bits per heavy atom. The van der Waals surface area contributed by atoms with Crippen molar-refractivity contribution in [2.45, 2.75) is 12.7 Å². The van der Waals surface area contributed by atoms with Gasteiger partial charge >= 0.3 is 12.7 Å². The number of hydrogen-bond acceptors (Lipinski definition) is 1. The standard InChI is InChI=1S/C10H9F3NO/c11-10(12,13)14(8-15)7-6-9-4-2-1-3-5-9/h1-5H,6-7H2. The zero-order chi connectivity index (χ0) is 11.3. The van der Waals surface area contributed by atoms with E-state index in [0.29, 0.717) is 0 Å². The maximum absolute atomic E-state index is 12.1. The third-order valence-corrected chi connectivity index (χ3v) is 1.88. The second-order valence-corrected chi connectivity index (χ2v) is 2.95. The van der Waals surface area contributed by atoms with Crippen LogP contribution in [0, 0.1) is 0 Å². The Bertz CT molecular complexity index is 310. The molecule has 0 saturated heterocycles. The monoisotopic (exact) mass is 216 g/mol. The molecular weight excluding hydrogens is 207 g/mol. The van der Waals surface area contributed by atoms with Gasteiger partial charge in [0.1, 0.15) is 0 Å². The summed E-state index contributed by atoms with van der Waals surface area (Å²) in [5.41, 5.74) is 0.752. The summed E-state index contributed by atoms with van der Waals surface area (Å²) in [6.07, 6.45) is -3.61. The Morgan fingerprint density at radius 2 is 1.80 bits per heavy atom. The first-order chi connectivity index (χ1) is 7.04. The van der Waals surface area contributed by atoms with E-state index in [1.807, 2.05) is 0 Å². The highest BCUT2D eigenvalue weighted by atomic mass is 19.4. The molecule has 0 heterocycles. The lowest BCUT2D eigenvalue weighted by Gasteiger charge is -2.18. The molecule has 0 aromatic heterocycles. The molecule has 15 heavy (non-hydrogen) atoms. The van der Waals surface area contributed by atoms with Crippen molar-refractivity contribution >= 4 is 6.41 Å². The first-order valence-electron chi connectivity index (χ1n) is 4.30. The van der Waals surface area contributed by atoms with Crippen molar-refractivity contribution in [1.82, 2.24) is 4.90 Å². The van der Waals surface area contributed by atoms with E-state index in [2.05, 4.69) is 0 Å². The van der Waals surface area contributed by atoms with Crippen LogP contribution in [0.2, 0.25) is 0 Å². The zero-order valence-corrected chi connectivity index (χ0v) is 7.79. The lowest BCUT2D eigenvalue weighted by molar-refractivity contribution is -0.217. The van der Waals surface area contributed by atoms with Gasteiger partial charge in [-0.2, -0.15) is 0 Å². The Morgan fingerprint density at radius 1 is 1.20 bits per heavy atom. The third-order valence-electron chi connectivity index (χ3n) is 1.88. The van der Waals surface area contributed by atoms with Crippen molar-refractivity contribution in [2.24, 2.45) is 0 Å². The highest BCUT2D eigenvalue weighted by Gasteiger charge is 2.36. The smallest absolute Gasteiger partial charge is 0.263 e. The van der Waals surface area contributed by atoms with Crippen LogP contribution in [-0.2, 0) is 11.2 Å². The van der Waals surface area contributed by atoms with Crippen molar-refractivity contribution < 1.29 is 18.0 Å². The fraction of sp³-hybridized carbons (Fsp3) is 0.300. The minimum atomic E-state index is -4.64. The van der Waals surface area contributed by atoms with E-state index in [4.69, 9.17) is 0 Å². The molecule has 0 N–H and O–H groups in total. The molecule has 0 aliphatic carbocycles. The fourth-order valence-electron chi connectivity index (χ4n) is 1.11. The number of nitrogens with zero attached hydrogens (tertiary/aromatic N) is 1. The van der Waals surface area contributed by atoms with Crippen LogP contribution in [0.1, 0.15) is 5.56 Å². The van der Waals surface area contributed by atoms with E-state index in [9.17, 15) is 18.0 Å². The molecule has 2 nitrogen and oxygen atoms in total. The van der Waals surface area contributed by atoms with Crippen LogP contribution in [0.4, 0.5) is 13.2 Å². The second-order valence-electron chi connectivity index (χ2n) is 2.95. The SMILES string of the molecule is O=[C]N(CCc1ccccc1)C(F)(F)F. The van der Waals surface area contributed by atoms with Gasteiger partial charge in [-0.25, -0.2) is 4.90 Å². The second kappa shape index (κ2) is 4.82. The summed E-state index contributed by atoms with van der Waals surface area (Å²) in [7, 11) is 0. The van der Waals surface area contributed by atoms with Gasteiger partial charge in [0.05, 0.1) is 0 Å². The first kappa shape index (κ1) is 11.6. The van der Waals surface area contributed by atoms with E-state index >= 15 is 0 Å². The van der Waals surface area contributed by atoms with Crippen molar-refractivity contribution in [3.8, 4) is 0 Å². The summed E-state index contributed by atoms with van der Waals surface area (Å²) >= 11 is 0. The molecule has 1 amide bonds. The van der Waals surface area contributed by atoms with E-state index in [1.165, 1.54) is 0 Å². The van der Waals surface area contributed by atoms with Gasteiger partial charge in [0, 0.05) is 6.54 Å². The Balaban J connectivity index is 2.52. The summed E-state index contributed by atoms with van der Waals surface area (Å²) in [5, 5.41) is 0. The molecule has 0 saturated carbocycles. The molecule has 1 radical (unpaired) electrons. The number of amides is 1. The van der Waals surface area contributed by atoms with Crippen LogP contribution >= 0.6 is 0 Å². The minimum Gasteiger partial charge on any atom is -0.263 e. The number of alkyl halides is 3. The van der Waals surface area contributed by atoms with Gasteiger partial charge in [0.2, 0.25) is 0 Å². The van der Waals surface area contributed by atoms with Crippen LogP contribution in [0.5, 0.6) is 0 Å². The summed E-state index contributed by atoms with van der Waals surface area (Å²) in [6.45, 7) is -0.406. The molecule has 0 spiro atoms. The van der Waals surface area contributed by atoms with E-state index in [-0.39, 0.29) is 11.3 Å². The molecule has 0 bridgehead atoms. The summed E-state index contributed by atoms with van der Waals surface area (Å²) in [4.78, 5) is 9.76. The average molecular weight is 216 g/mol. The average Bonchev–Trinajstić information content (AvgIpc) is 2.18. The van der Waals surface area contributed by atoms with Crippen molar-refractivity contribution in [3.63, 3.8) is 0 Å². The Kier molecular flexibility index (Phi) is 3.71. The Labute approximate surface area is 85.3 Å². The van der Waals surface area contributed by atoms with Crippen LogP contribution in [0.25, 0.3) is 0 Å². The maximum Gasteiger partial charge on any atom is 0.487 e. The molecule has 1 aromatic carbocycles. The summed E-state index contributed by atoms with van der Waals surface area (Å²) < 4.78 is 36.3. The van der Waals surface area contributed by atoms with Crippen molar-refractivity contribution in [2.75, 3.05) is 6.54 Å². The van der Waals surface area contributed by atoms with Gasteiger partial charge in [-0.15, -0.1) is 13.2 Å². The largest absolute Gasteiger partial charge is 0.487 e. The van der Waals surface area contributed by atoms with Crippen molar-refractivity contribution in [1.29, 1.82) is 0 Å². The molecule has 5 heteroatoms. The summed E-state index contributed by atoms with van der Waals surface area (Å²) in [5.74, 6) is 0. The van der Waals surface area contributed by atoms with Gasteiger partial charge in [0.25, 0.3) is 0 Å². The highest BCUT2D eigenvalue weighted by molar-refractivity contribution is 5.48. The van der Waals surface area contributed by atoms with E-state index in [0.717, 1.165) is 12.0 Å². The maximum atomic E-state index is 12.1. The molecule has 0 unspecified atom stereocenters. The zero-order valence-electron chi connectivity index (χ0n) is 7.79. The third kappa shape index (κ3) is 3.61. The predicted octanol–water partition coefficient (Wildman–Crippen LogP) is 2.12. The van der Waals surface area contributed by atoms with Crippen LogP contribution < -0.4 is 0 Å². The lowest BCUT2D eigenvalue weighted by atomic mass is 10.1. The molecule has 0 aliphatic heterocycles. The molecule has 1 rings (SSSR count). The molecule has 1 aromatic rings. The van der Waals surface area contributed by atoms with Crippen LogP contribution in [0.15, 0.2) is 30.3 Å². The van der Waals surface area contributed by atoms with Gasteiger partial charge in [0.15, 0.2) is 0 Å². The molecular formula is C10H9F3NO. The number of carbonyl (C=O) groups excluding carboxylic acids is 1. The van der Waals surface area contributed by atoms with Crippen molar-refractivity contribution in [3.05, 3.63) is 35.9 Å². The summed E-state index contributed by atoms with van der Waals surface area (Å²) in [6, 6.07) is 8.66. The number of benzene rings is 1. The minimum absolute atomic E-state index is 0.162. The van der Waals surface area contributed by atoms with Gasteiger partial charge in [-0.1, -0.05) is 30.3 Å². The number of hydrogen-bond donors (Lipinski definition) is 0. The Hall–Kier alpha value is -1.52. The van der Waals surface area contributed by atoms with E-state index in [1.54, 1.807) is 30.3 Å².